The highest BCUT2D eigenvalue weighted by atomic mass is 16.6. The normalized spacial score (nSPS) is 10.3. The van der Waals surface area contributed by atoms with Gasteiger partial charge in [0, 0.05) is 22.8 Å². The van der Waals surface area contributed by atoms with Crippen molar-refractivity contribution in [2.24, 2.45) is 0 Å². The second-order valence-corrected chi connectivity index (χ2v) is 9.50. The Morgan fingerprint density at radius 1 is 0.524 bits per heavy atom. The van der Waals surface area contributed by atoms with Crippen molar-refractivity contribution in [2.45, 2.75) is 20.8 Å². The van der Waals surface area contributed by atoms with Gasteiger partial charge in [-0.15, -0.1) is 0 Å². The molecule has 0 aliphatic carbocycles. The first-order valence-electron chi connectivity index (χ1n) is 13.2. The number of hydrogen-bond acceptors (Lipinski definition) is 8. The molecule has 0 radical (unpaired) electrons. The van der Waals surface area contributed by atoms with E-state index in [9.17, 15) is 14.4 Å². The summed E-state index contributed by atoms with van der Waals surface area (Å²) in [6.07, 6.45) is 0. The van der Waals surface area contributed by atoms with Gasteiger partial charge in [-0.25, -0.2) is 14.4 Å². The summed E-state index contributed by atoms with van der Waals surface area (Å²) in [5.41, 5.74) is 4.51. The van der Waals surface area contributed by atoms with Crippen LogP contribution in [0.4, 0.5) is 0 Å². The van der Waals surface area contributed by atoms with Crippen molar-refractivity contribution >= 4 is 17.9 Å². The Morgan fingerprint density at radius 2 is 1.00 bits per heavy atom. The Kier molecular flexibility index (Phi) is 11.3. The van der Waals surface area contributed by atoms with Gasteiger partial charge in [0.2, 0.25) is 0 Å². The summed E-state index contributed by atoms with van der Waals surface area (Å²) in [5.74, 6) is -0.0203. The fourth-order valence-corrected chi connectivity index (χ4v) is 3.53. The first-order valence-corrected chi connectivity index (χ1v) is 13.2. The predicted octanol–water partition coefficient (Wildman–Crippen LogP) is 6.50. The molecule has 0 aromatic heterocycles. The number of ether oxygens (including phenoxy) is 5. The molecule has 0 amide bonds. The maximum atomic E-state index is 11.8. The molecule has 0 heterocycles. The molecular weight excluding hydrogens is 536 g/mol. The number of benzene rings is 3. The fourth-order valence-electron chi connectivity index (χ4n) is 3.53. The van der Waals surface area contributed by atoms with E-state index >= 15 is 0 Å². The Morgan fingerprint density at radius 3 is 1.48 bits per heavy atom. The molecule has 8 nitrogen and oxygen atoms in total. The number of rotatable bonds is 14. The minimum absolute atomic E-state index is 0.0517. The van der Waals surface area contributed by atoms with E-state index in [0.717, 1.165) is 22.3 Å². The molecule has 3 rings (SSSR count). The van der Waals surface area contributed by atoms with Crippen molar-refractivity contribution < 1.29 is 38.1 Å². The zero-order valence-electron chi connectivity index (χ0n) is 24.1. The van der Waals surface area contributed by atoms with E-state index in [4.69, 9.17) is 23.7 Å². The standard InChI is InChI=1S/C34H34O8/c1-22(2)32(35)40-16-14-38-30-19-28(20-31(21-30)39-15-17-41-33(36)23(3)4)27-9-7-8-26(18-27)25-10-12-29(13-11-25)42-34(37)24(5)6/h7-13,18-21H,1,3,5,14-17H2,2,4,6H3. The minimum atomic E-state index is -0.487. The van der Waals surface area contributed by atoms with Crippen LogP contribution in [-0.2, 0) is 23.9 Å². The van der Waals surface area contributed by atoms with Gasteiger partial charge in [0.05, 0.1) is 0 Å². The second kappa shape index (κ2) is 15.0. The molecule has 0 spiro atoms. The molecule has 218 valence electrons. The molecule has 0 saturated carbocycles. The summed E-state index contributed by atoms with van der Waals surface area (Å²) in [5, 5.41) is 0. The van der Waals surface area contributed by atoms with Crippen LogP contribution in [0.3, 0.4) is 0 Å². The zero-order valence-corrected chi connectivity index (χ0v) is 24.1. The topological polar surface area (TPSA) is 97.4 Å². The average molecular weight is 571 g/mol. The highest BCUT2D eigenvalue weighted by molar-refractivity contribution is 5.89. The molecule has 0 aliphatic heterocycles. The van der Waals surface area contributed by atoms with Gasteiger partial charge < -0.3 is 23.7 Å². The molecule has 0 fully saturated rings. The molecule has 0 aliphatic rings. The molecule has 0 N–H and O–H groups in total. The summed E-state index contributed by atoms with van der Waals surface area (Å²) >= 11 is 0. The van der Waals surface area contributed by atoms with Crippen LogP contribution in [0.2, 0.25) is 0 Å². The minimum Gasteiger partial charge on any atom is -0.490 e. The Balaban J connectivity index is 1.80. The Hall–Kier alpha value is -5.11. The number of hydrogen-bond donors (Lipinski definition) is 0. The van der Waals surface area contributed by atoms with Crippen molar-refractivity contribution in [1.82, 2.24) is 0 Å². The van der Waals surface area contributed by atoms with E-state index in [0.29, 0.717) is 34.0 Å². The van der Waals surface area contributed by atoms with Gasteiger partial charge in [0.15, 0.2) is 0 Å². The van der Waals surface area contributed by atoms with E-state index in [1.807, 2.05) is 48.5 Å². The average Bonchev–Trinajstić information content (AvgIpc) is 2.97. The van der Waals surface area contributed by atoms with Gasteiger partial charge in [-0.1, -0.05) is 50.1 Å². The molecule has 0 saturated heterocycles. The van der Waals surface area contributed by atoms with E-state index < -0.39 is 17.9 Å². The SMILES string of the molecule is C=C(C)C(=O)OCCOc1cc(OCCOC(=O)C(=C)C)cc(-c2cccc(-c3ccc(OC(=O)C(=C)C)cc3)c2)c1. The van der Waals surface area contributed by atoms with Crippen LogP contribution in [0.5, 0.6) is 17.2 Å². The number of carbonyl (C=O) groups excluding carboxylic acids is 3. The molecule has 8 heteroatoms. The smallest absolute Gasteiger partial charge is 0.338 e. The third-order valence-electron chi connectivity index (χ3n) is 5.69. The van der Waals surface area contributed by atoms with Crippen LogP contribution in [0.15, 0.2) is 103 Å². The van der Waals surface area contributed by atoms with Gasteiger partial charge in [-0.05, 0) is 73.4 Å². The molecule has 42 heavy (non-hydrogen) atoms. The van der Waals surface area contributed by atoms with Crippen LogP contribution in [0.1, 0.15) is 20.8 Å². The van der Waals surface area contributed by atoms with E-state index in [-0.39, 0.29) is 26.4 Å². The molecule has 0 atom stereocenters. The first kappa shape index (κ1) is 31.4. The van der Waals surface area contributed by atoms with Gasteiger partial charge in [-0.2, -0.15) is 0 Å². The summed E-state index contributed by atoms with van der Waals surface area (Å²) in [6.45, 7) is 15.8. The fraction of sp³-hybridized carbons (Fsp3) is 0.206. The lowest BCUT2D eigenvalue weighted by atomic mass is 9.98. The lowest BCUT2D eigenvalue weighted by Gasteiger charge is -2.14. The van der Waals surface area contributed by atoms with Crippen molar-refractivity contribution in [3.8, 4) is 39.5 Å². The zero-order chi connectivity index (χ0) is 30.6. The maximum absolute atomic E-state index is 11.8. The quantitative estimate of drug-likeness (QED) is 0.0938. The van der Waals surface area contributed by atoms with Gasteiger partial charge >= 0.3 is 17.9 Å². The van der Waals surface area contributed by atoms with Crippen LogP contribution < -0.4 is 14.2 Å². The molecule has 0 unspecified atom stereocenters. The lowest BCUT2D eigenvalue weighted by molar-refractivity contribution is -0.140. The second-order valence-electron chi connectivity index (χ2n) is 9.50. The van der Waals surface area contributed by atoms with Crippen molar-refractivity contribution in [1.29, 1.82) is 0 Å². The third-order valence-corrected chi connectivity index (χ3v) is 5.69. The molecule has 3 aromatic rings. The maximum Gasteiger partial charge on any atom is 0.338 e. The van der Waals surface area contributed by atoms with Crippen LogP contribution in [0.25, 0.3) is 22.3 Å². The highest BCUT2D eigenvalue weighted by Crippen LogP contribution is 2.33. The Labute approximate surface area is 245 Å². The summed E-state index contributed by atoms with van der Waals surface area (Å²) in [7, 11) is 0. The lowest BCUT2D eigenvalue weighted by Crippen LogP contribution is -2.13. The summed E-state index contributed by atoms with van der Waals surface area (Å²) in [4.78, 5) is 35.1. The van der Waals surface area contributed by atoms with E-state index in [1.165, 1.54) is 0 Å². The van der Waals surface area contributed by atoms with Crippen molar-refractivity contribution in [3.63, 3.8) is 0 Å². The van der Waals surface area contributed by atoms with Gasteiger partial charge in [0.25, 0.3) is 0 Å². The Bertz CT molecular complexity index is 1430. The largest absolute Gasteiger partial charge is 0.490 e. The van der Waals surface area contributed by atoms with E-state index in [2.05, 4.69) is 19.7 Å². The van der Waals surface area contributed by atoms with Crippen molar-refractivity contribution in [3.05, 3.63) is 103 Å². The molecule has 3 aromatic carbocycles. The van der Waals surface area contributed by atoms with Gasteiger partial charge in [0.1, 0.15) is 43.7 Å². The van der Waals surface area contributed by atoms with Crippen LogP contribution in [-0.4, -0.2) is 44.3 Å². The third kappa shape index (κ3) is 9.52. The predicted molar refractivity (Wildman–Crippen MR) is 160 cm³/mol. The monoisotopic (exact) mass is 570 g/mol. The van der Waals surface area contributed by atoms with Crippen molar-refractivity contribution in [2.75, 3.05) is 26.4 Å². The molecule has 0 bridgehead atoms. The summed E-state index contributed by atoms with van der Waals surface area (Å²) < 4.78 is 27.2. The number of esters is 3. The molecular formula is C34H34O8. The van der Waals surface area contributed by atoms with Crippen LogP contribution in [0, 0.1) is 0 Å². The summed E-state index contributed by atoms with van der Waals surface area (Å²) in [6, 6.07) is 20.5. The van der Waals surface area contributed by atoms with Gasteiger partial charge in [-0.3, -0.25) is 0 Å². The first-order chi connectivity index (χ1) is 20.0. The highest BCUT2D eigenvalue weighted by Gasteiger charge is 2.10. The van der Waals surface area contributed by atoms with E-state index in [1.54, 1.807) is 39.0 Å². The number of carbonyl (C=O) groups is 3. The van der Waals surface area contributed by atoms with Crippen LogP contribution >= 0.6 is 0 Å².